The van der Waals surface area contributed by atoms with Crippen molar-refractivity contribution >= 4 is 17.4 Å². The Labute approximate surface area is 153 Å². The zero-order valence-electron chi connectivity index (χ0n) is 14.3. The Hall–Kier alpha value is -3.42. The smallest absolute Gasteiger partial charge is 0.270 e. The lowest BCUT2D eigenvalue weighted by molar-refractivity contribution is 0.0945. The van der Waals surface area contributed by atoms with Gasteiger partial charge in [-0.15, -0.1) is 0 Å². The zero-order valence-corrected chi connectivity index (χ0v) is 14.3. The first-order valence-electron chi connectivity index (χ1n) is 8.02. The van der Waals surface area contributed by atoms with Crippen LogP contribution in [0.15, 0.2) is 48.5 Å². The van der Waals surface area contributed by atoms with Gasteiger partial charge in [0.2, 0.25) is 0 Å². The summed E-state index contributed by atoms with van der Waals surface area (Å²) >= 11 is 0. The fourth-order valence-corrected chi connectivity index (χ4v) is 2.38. The summed E-state index contributed by atoms with van der Waals surface area (Å²) in [6.07, 6.45) is 0. The number of hydrogen-bond donors (Lipinski definition) is 2. The highest BCUT2D eigenvalue weighted by atomic mass is 19.2. The van der Waals surface area contributed by atoms with Crippen LogP contribution in [0.2, 0.25) is 0 Å². The van der Waals surface area contributed by atoms with Crippen LogP contribution in [-0.4, -0.2) is 15.9 Å². The normalized spacial score (nSPS) is 10.5. The summed E-state index contributed by atoms with van der Waals surface area (Å²) in [6.45, 7) is 1.87. The van der Waals surface area contributed by atoms with Crippen molar-refractivity contribution in [3.63, 3.8) is 0 Å². The number of nitrogens with one attached hydrogen (secondary N) is 2. The second kappa shape index (κ2) is 7.86. The fraction of sp³-hybridized carbons (Fsp3) is 0.105. The van der Waals surface area contributed by atoms with E-state index in [1.807, 2.05) is 30.3 Å². The van der Waals surface area contributed by atoms with E-state index in [0.717, 1.165) is 17.7 Å². The summed E-state index contributed by atoms with van der Waals surface area (Å²) in [6, 6.07) is 12.4. The molecule has 0 spiro atoms. The Morgan fingerprint density at radius 3 is 2.48 bits per heavy atom. The van der Waals surface area contributed by atoms with E-state index in [9.17, 15) is 18.0 Å². The SMILES string of the molecule is Cc1nc(Nc2ccc(F)c(F)c2F)cc(C(=O)NCc2ccccc2)n1. The van der Waals surface area contributed by atoms with Crippen LogP contribution in [0.5, 0.6) is 0 Å². The molecule has 1 heterocycles. The van der Waals surface area contributed by atoms with E-state index < -0.39 is 23.4 Å². The highest BCUT2D eigenvalue weighted by Crippen LogP contribution is 2.23. The molecule has 138 valence electrons. The first kappa shape index (κ1) is 18.4. The molecule has 0 fully saturated rings. The number of hydrogen-bond acceptors (Lipinski definition) is 4. The second-order valence-corrected chi connectivity index (χ2v) is 5.70. The lowest BCUT2D eigenvalue weighted by Crippen LogP contribution is -2.24. The molecule has 2 N–H and O–H groups in total. The number of rotatable bonds is 5. The van der Waals surface area contributed by atoms with Crippen molar-refractivity contribution in [1.29, 1.82) is 0 Å². The van der Waals surface area contributed by atoms with Crippen LogP contribution < -0.4 is 10.6 Å². The van der Waals surface area contributed by atoms with E-state index >= 15 is 0 Å². The van der Waals surface area contributed by atoms with Crippen molar-refractivity contribution in [1.82, 2.24) is 15.3 Å². The molecule has 27 heavy (non-hydrogen) atoms. The predicted octanol–water partition coefficient (Wildman–Crippen LogP) is 3.88. The predicted molar refractivity (Wildman–Crippen MR) is 94.0 cm³/mol. The standard InChI is InChI=1S/C19H15F3N4O/c1-11-24-15(19(27)23-10-12-5-3-2-4-6-12)9-16(25-11)26-14-8-7-13(20)17(21)18(14)22/h2-9H,10H2,1H3,(H,23,27)(H,24,25,26). The third-order valence-electron chi connectivity index (χ3n) is 3.66. The molecule has 2 aromatic carbocycles. The molecule has 8 heteroatoms. The molecule has 0 aliphatic carbocycles. The largest absolute Gasteiger partial charge is 0.347 e. The average molecular weight is 372 g/mol. The average Bonchev–Trinajstić information content (AvgIpc) is 2.67. The lowest BCUT2D eigenvalue weighted by Gasteiger charge is -2.10. The van der Waals surface area contributed by atoms with Gasteiger partial charge in [-0.25, -0.2) is 23.1 Å². The van der Waals surface area contributed by atoms with Crippen molar-refractivity contribution in [3.8, 4) is 0 Å². The third-order valence-corrected chi connectivity index (χ3v) is 3.66. The molecule has 0 saturated carbocycles. The Balaban J connectivity index is 1.78. The van der Waals surface area contributed by atoms with Gasteiger partial charge in [0.15, 0.2) is 17.5 Å². The first-order chi connectivity index (χ1) is 12.9. The molecule has 3 rings (SSSR count). The summed E-state index contributed by atoms with van der Waals surface area (Å²) in [5, 5.41) is 5.26. The van der Waals surface area contributed by atoms with Gasteiger partial charge in [0, 0.05) is 12.6 Å². The fourth-order valence-electron chi connectivity index (χ4n) is 2.38. The van der Waals surface area contributed by atoms with Gasteiger partial charge in [0.25, 0.3) is 5.91 Å². The van der Waals surface area contributed by atoms with Crippen LogP contribution in [0.3, 0.4) is 0 Å². The third kappa shape index (κ3) is 4.41. The molecule has 0 aliphatic heterocycles. The Morgan fingerprint density at radius 1 is 1.00 bits per heavy atom. The summed E-state index contributed by atoms with van der Waals surface area (Å²) in [5.74, 6) is -4.37. The number of halogens is 3. The topological polar surface area (TPSA) is 66.9 Å². The Morgan fingerprint density at radius 2 is 1.74 bits per heavy atom. The van der Waals surface area contributed by atoms with Crippen LogP contribution >= 0.6 is 0 Å². The molecule has 0 saturated heterocycles. The number of aromatic nitrogens is 2. The van der Waals surface area contributed by atoms with Crippen LogP contribution in [0.1, 0.15) is 21.9 Å². The van der Waals surface area contributed by atoms with Crippen molar-refractivity contribution in [2.24, 2.45) is 0 Å². The highest BCUT2D eigenvalue weighted by Gasteiger charge is 2.15. The maximum Gasteiger partial charge on any atom is 0.270 e. The summed E-state index contributed by atoms with van der Waals surface area (Å²) in [7, 11) is 0. The van der Waals surface area contributed by atoms with Crippen LogP contribution in [0.4, 0.5) is 24.7 Å². The highest BCUT2D eigenvalue weighted by molar-refractivity contribution is 5.93. The number of amides is 1. The monoisotopic (exact) mass is 372 g/mol. The molecule has 0 unspecified atom stereocenters. The van der Waals surface area contributed by atoms with Crippen molar-refractivity contribution in [3.05, 3.63) is 83.1 Å². The van der Waals surface area contributed by atoms with Gasteiger partial charge in [0.1, 0.15) is 17.3 Å². The molecule has 0 aliphatic rings. The maximum atomic E-state index is 13.8. The van der Waals surface area contributed by atoms with Gasteiger partial charge in [-0.2, -0.15) is 0 Å². The van der Waals surface area contributed by atoms with Crippen LogP contribution in [0, 0.1) is 24.4 Å². The summed E-state index contributed by atoms with van der Waals surface area (Å²) in [4.78, 5) is 20.4. The number of carbonyl (C=O) groups excluding carboxylic acids is 1. The number of anilines is 2. The van der Waals surface area contributed by atoms with E-state index in [-0.39, 0.29) is 23.0 Å². The molecule has 1 aromatic heterocycles. The second-order valence-electron chi connectivity index (χ2n) is 5.70. The van der Waals surface area contributed by atoms with Gasteiger partial charge >= 0.3 is 0 Å². The van der Waals surface area contributed by atoms with Crippen molar-refractivity contribution in [2.45, 2.75) is 13.5 Å². The van der Waals surface area contributed by atoms with Crippen molar-refractivity contribution < 1.29 is 18.0 Å². The molecule has 1 amide bonds. The van der Waals surface area contributed by atoms with Crippen LogP contribution in [-0.2, 0) is 6.54 Å². The number of carbonyl (C=O) groups is 1. The van der Waals surface area contributed by atoms with Gasteiger partial charge in [0.05, 0.1) is 5.69 Å². The van der Waals surface area contributed by atoms with E-state index in [0.29, 0.717) is 6.54 Å². The molecule has 0 bridgehead atoms. The van der Waals surface area contributed by atoms with Gasteiger partial charge < -0.3 is 10.6 Å². The summed E-state index contributed by atoms with van der Waals surface area (Å²) < 4.78 is 40.2. The van der Waals surface area contributed by atoms with Crippen LogP contribution in [0.25, 0.3) is 0 Å². The molecular formula is C19H15F3N4O. The minimum Gasteiger partial charge on any atom is -0.347 e. The molecular weight excluding hydrogens is 357 g/mol. The maximum absolute atomic E-state index is 13.8. The van der Waals surface area contributed by atoms with Gasteiger partial charge in [-0.3, -0.25) is 4.79 Å². The quantitative estimate of drug-likeness (QED) is 0.667. The molecule has 3 aromatic rings. The van der Waals surface area contributed by atoms with Gasteiger partial charge in [-0.1, -0.05) is 30.3 Å². The van der Waals surface area contributed by atoms with Crippen molar-refractivity contribution in [2.75, 3.05) is 5.32 Å². The lowest BCUT2D eigenvalue weighted by atomic mass is 10.2. The molecule has 5 nitrogen and oxygen atoms in total. The number of aryl methyl sites for hydroxylation is 1. The first-order valence-corrected chi connectivity index (χ1v) is 8.02. The van der Waals surface area contributed by atoms with E-state index in [1.165, 1.54) is 6.07 Å². The minimum absolute atomic E-state index is 0.0592. The molecule has 0 radical (unpaired) electrons. The minimum atomic E-state index is -1.59. The summed E-state index contributed by atoms with van der Waals surface area (Å²) in [5.41, 5.74) is 0.672. The number of nitrogens with zero attached hydrogens (tertiary/aromatic N) is 2. The zero-order chi connectivity index (χ0) is 19.4. The van der Waals surface area contributed by atoms with E-state index in [1.54, 1.807) is 6.92 Å². The molecule has 0 atom stereocenters. The van der Waals surface area contributed by atoms with E-state index in [4.69, 9.17) is 0 Å². The number of benzene rings is 2. The van der Waals surface area contributed by atoms with Gasteiger partial charge in [-0.05, 0) is 24.6 Å². The Kier molecular flexibility index (Phi) is 5.35. The Bertz CT molecular complexity index is 980. The van der Waals surface area contributed by atoms with E-state index in [2.05, 4.69) is 20.6 Å².